The number of H-pyrrole nitrogens is 1. The van der Waals surface area contributed by atoms with E-state index in [1.54, 1.807) is 54.7 Å². The van der Waals surface area contributed by atoms with Crippen molar-refractivity contribution in [2.24, 2.45) is 0 Å². The number of rotatable bonds is 5. The van der Waals surface area contributed by atoms with Crippen LogP contribution < -0.4 is 10.1 Å². The number of halogens is 1. The monoisotopic (exact) mass is 441 g/mol. The van der Waals surface area contributed by atoms with Gasteiger partial charge in [0.25, 0.3) is 5.91 Å². The second-order valence-corrected chi connectivity index (χ2v) is 7.36. The normalized spacial score (nSPS) is 10.8. The van der Waals surface area contributed by atoms with E-state index in [2.05, 4.69) is 25.3 Å². The van der Waals surface area contributed by atoms with Gasteiger partial charge in [0, 0.05) is 28.7 Å². The molecule has 0 fully saturated rings. The van der Waals surface area contributed by atoms with E-state index in [1.807, 2.05) is 24.4 Å². The first kappa shape index (κ1) is 19.7. The van der Waals surface area contributed by atoms with Crippen molar-refractivity contribution in [1.29, 1.82) is 0 Å². The molecule has 0 saturated heterocycles. The molecule has 8 heteroatoms. The van der Waals surface area contributed by atoms with E-state index in [1.165, 1.54) is 6.33 Å². The number of carbonyl (C=O) groups is 1. The van der Waals surface area contributed by atoms with Gasteiger partial charge in [0.1, 0.15) is 29.2 Å². The Kier molecular flexibility index (Phi) is 5.23. The molecular formula is C24H16ClN5O2. The Morgan fingerprint density at radius 1 is 0.938 bits per heavy atom. The lowest BCUT2D eigenvalue weighted by Gasteiger charge is -2.09. The van der Waals surface area contributed by atoms with E-state index in [-0.39, 0.29) is 11.6 Å². The van der Waals surface area contributed by atoms with Crippen LogP contribution in [-0.2, 0) is 0 Å². The van der Waals surface area contributed by atoms with E-state index in [4.69, 9.17) is 16.3 Å². The van der Waals surface area contributed by atoms with Gasteiger partial charge in [-0.1, -0.05) is 23.7 Å². The van der Waals surface area contributed by atoms with Gasteiger partial charge in [-0.15, -0.1) is 0 Å². The lowest BCUT2D eigenvalue weighted by molar-refractivity contribution is 0.102. The number of nitrogens with one attached hydrogen (secondary N) is 2. The molecule has 1 amide bonds. The Bertz CT molecular complexity index is 1400. The molecule has 2 aromatic carbocycles. The lowest BCUT2D eigenvalue weighted by atomic mass is 10.1. The van der Waals surface area contributed by atoms with Crippen molar-refractivity contribution >= 4 is 34.2 Å². The smallest absolute Gasteiger partial charge is 0.274 e. The number of hydrogen-bond acceptors (Lipinski definition) is 5. The molecule has 32 heavy (non-hydrogen) atoms. The van der Waals surface area contributed by atoms with Crippen LogP contribution in [0.4, 0.5) is 5.69 Å². The Morgan fingerprint density at radius 2 is 1.75 bits per heavy atom. The van der Waals surface area contributed by atoms with Crippen LogP contribution >= 0.6 is 11.6 Å². The van der Waals surface area contributed by atoms with E-state index < -0.39 is 0 Å². The average molecular weight is 442 g/mol. The molecule has 5 aromatic rings. The summed E-state index contributed by atoms with van der Waals surface area (Å²) in [5.74, 6) is 1.01. The Hall–Kier alpha value is -4.23. The first-order chi connectivity index (χ1) is 15.7. The second kappa shape index (κ2) is 8.49. The van der Waals surface area contributed by atoms with Crippen molar-refractivity contribution < 1.29 is 9.53 Å². The van der Waals surface area contributed by atoms with Gasteiger partial charge in [0.2, 0.25) is 0 Å². The highest BCUT2D eigenvalue weighted by Gasteiger charge is 2.11. The van der Waals surface area contributed by atoms with Crippen LogP contribution in [0.1, 0.15) is 10.5 Å². The molecule has 0 spiro atoms. The van der Waals surface area contributed by atoms with Crippen molar-refractivity contribution in [2.45, 2.75) is 0 Å². The number of hydrogen-bond donors (Lipinski definition) is 2. The minimum atomic E-state index is -0.334. The van der Waals surface area contributed by atoms with E-state index in [0.717, 1.165) is 16.6 Å². The Labute approximate surface area is 188 Å². The fourth-order valence-corrected chi connectivity index (χ4v) is 3.34. The number of fused-ring (bicyclic) bond motifs is 1. The van der Waals surface area contributed by atoms with E-state index in [9.17, 15) is 4.79 Å². The predicted octanol–water partition coefficient (Wildman–Crippen LogP) is 5.72. The zero-order chi connectivity index (χ0) is 21.9. The van der Waals surface area contributed by atoms with Crippen LogP contribution in [0.25, 0.3) is 22.3 Å². The summed E-state index contributed by atoms with van der Waals surface area (Å²) in [6, 6.07) is 19.7. The first-order valence-electron chi connectivity index (χ1n) is 9.75. The van der Waals surface area contributed by atoms with Crippen LogP contribution in [0.2, 0.25) is 5.02 Å². The molecule has 3 aromatic heterocycles. The molecule has 7 nitrogen and oxygen atoms in total. The zero-order valence-corrected chi connectivity index (χ0v) is 17.4. The molecule has 0 aliphatic carbocycles. The number of pyridine rings is 1. The Morgan fingerprint density at radius 3 is 2.56 bits per heavy atom. The van der Waals surface area contributed by atoms with Crippen LogP contribution in [-0.4, -0.2) is 25.8 Å². The number of nitrogens with zero attached hydrogens (tertiary/aromatic N) is 3. The number of aromatic nitrogens is 4. The summed E-state index contributed by atoms with van der Waals surface area (Å²) in [4.78, 5) is 28.3. The molecule has 5 rings (SSSR count). The van der Waals surface area contributed by atoms with E-state index in [0.29, 0.717) is 27.9 Å². The molecule has 156 valence electrons. The number of amides is 1. The molecule has 3 heterocycles. The molecular weight excluding hydrogens is 426 g/mol. The maximum Gasteiger partial charge on any atom is 0.274 e. The van der Waals surface area contributed by atoms with Gasteiger partial charge in [-0.25, -0.2) is 15.0 Å². The van der Waals surface area contributed by atoms with Gasteiger partial charge in [0.05, 0.1) is 11.1 Å². The van der Waals surface area contributed by atoms with Gasteiger partial charge in [0.15, 0.2) is 0 Å². The van der Waals surface area contributed by atoms with Gasteiger partial charge in [-0.05, 0) is 54.6 Å². The molecule has 0 aliphatic heterocycles. The van der Waals surface area contributed by atoms with Gasteiger partial charge >= 0.3 is 0 Å². The van der Waals surface area contributed by atoms with Crippen LogP contribution in [0.5, 0.6) is 11.5 Å². The van der Waals surface area contributed by atoms with Crippen molar-refractivity contribution in [1.82, 2.24) is 19.9 Å². The molecule has 2 N–H and O–H groups in total. The molecule has 0 atom stereocenters. The predicted molar refractivity (Wildman–Crippen MR) is 123 cm³/mol. The van der Waals surface area contributed by atoms with Crippen molar-refractivity contribution in [3.63, 3.8) is 0 Å². The van der Waals surface area contributed by atoms with Crippen LogP contribution in [0.3, 0.4) is 0 Å². The van der Waals surface area contributed by atoms with Crippen molar-refractivity contribution in [3.8, 4) is 22.8 Å². The number of carbonyl (C=O) groups excluding carboxylic acids is 1. The van der Waals surface area contributed by atoms with E-state index >= 15 is 0 Å². The highest BCUT2D eigenvalue weighted by atomic mass is 35.5. The van der Waals surface area contributed by atoms with Gasteiger partial charge in [-0.3, -0.25) is 4.79 Å². The van der Waals surface area contributed by atoms with Crippen LogP contribution in [0, 0.1) is 0 Å². The van der Waals surface area contributed by atoms with Crippen LogP contribution in [0.15, 0.2) is 85.5 Å². The van der Waals surface area contributed by atoms with Crippen molar-refractivity contribution in [2.75, 3.05) is 5.32 Å². The molecule has 0 saturated carbocycles. The topological polar surface area (TPSA) is 92.8 Å². The average Bonchev–Trinajstić information content (AvgIpc) is 3.31. The molecule has 0 bridgehead atoms. The van der Waals surface area contributed by atoms with Crippen molar-refractivity contribution in [3.05, 3.63) is 96.2 Å². The first-order valence-corrected chi connectivity index (χ1v) is 10.1. The summed E-state index contributed by atoms with van der Waals surface area (Å²) in [5, 5.41) is 4.37. The third-order valence-electron chi connectivity index (χ3n) is 4.80. The minimum absolute atomic E-state index is 0.261. The van der Waals surface area contributed by atoms with Gasteiger partial charge < -0.3 is 15.0 Å². The third-order valence-corrected chi connectivity index (χ3v) is 5.05. The third kappa shape index (κ3) is 4.14. The quantitative estimate of drug-likeness (QED) is 0.364. The molecule has 0 aliphatic rings. The number of aromatic amines is 1. The molecule has 0 unspecified atom stereocenters. The number of anilines is 1. The second-order valence-electron chi connectivity index (χ2n) is 6.92. The lowest BCUT2D eigenvalue weighted by Crippen LogP contribution is -2.14. The number of ether oxygens (including phenoxy) is 1. The fourth-order valence-electron chi connectivity index (χ4n) is 3.21. The Balaban J connectivity index is 1.29. The van der Waals surface area contributed by atoms with Gasteiger partial charge in [-0.2, -0.15) is 0 Å². The summed E-state index contributed by atoms with van der Waals surface area (Å²) in [6.45, 7) is 0. The standard InChI is InChI=1S/C24H16ClN5O2/c25-16-3-1-15(2-4-16)20-13-21(29-14-28-20)24(31)30-17-5-7-18(8-6-17)32-22-10-12-27-23-19(22)9-11-26-23/h1-14H,(H,26,27)(H,30,31). The number of benzene rings is 2. The SMILES string of the molecule is O=C(Nc1ccc(Oc2ccnc3[nH]ccc23)cc1)c1cc(-c2ccc(Cl)cc2)ncn1. The highest BCUT2D eigenvalue weighted by molar-refractivity contribution is 6.30. The largest absolute Gasteiger partial charge is 0.457 e. The summed E-state index contributed by atoms with van der Waals surface area (Å²) in [7, 11) is 0. The minimum Gasteiger partial charge on any atom is -0.457 e. The molecule has 0 radical (unpaired) electrons. The summed E-state index contributed by atoms with van der Waals surface area (Å²) in [6.07, 6.45) is 4.86. The maximum atomic E-state index is 12.7. The summed E-state index contributed by atoms with van der Waals surface area (Å²) < 4.78 is 5.96. The summed E-state index contributed by atoms with van der Waals surface area (Å²) >= 11 is 5.94. The zero-order valence-electron chi connectivity index (χ0n) is 16.6. The maximum absolute atomic E-state index is 12.7. The highest BCUT2D eigenvalue weighted by Crippen LogP contribution is 2.29. The fraction of sp³-hybridized carbons (Fsp3) is 0. The summed E-state index contributed by atoms with van der Waals surface area (Å²) in [5.41, 5.74) is 3.13.